The van der Waals surface area contributed by atoms with E-state index < -0.39 is 7.26 Å². The summed E-state index contributed by atoms with van der Waals surface area (Å²) in [5.41, 5.74) is 0.636. The van der Waals surface area contributed by atoms with E-state index in [4.69, 9.17) is 3.07 Å². The van der Waals surface area contributed by atoms with Crippen LogP contribution in [0.5, 0.6) is 0 Å². The molecule has 0 fully saturated rings. The summed E-state index contributed by atoms with van der Waals surface area (Å²) in [5, 5.41) is 3.90. The van der Waals surface area contributed by atoms with Gasteiger partial charge in [0, 0.05) is 5.57 Å². The maximum absolute atomic E-state index is 12.0. The highest BCUT2D eigenvalue weighted by molar-refractivity contribution is 14.1. The molecular weight excluding hydrogens is 466 g/mol. The highest BCUT2D eigenvalue weighted by Gasteiger charge is 2.44. The van der Waals surface area contributed by atoms with E-state index in [1.807, 2.05) is 31.2 Å². The lowest BCUT2D eigenvalue weighted by atomic mass is 10.3. The number of allylic oxidation sites excluding steroid dienone is 1. The first kappa shape index (κ1) is 19.8. The van der Waals surface area contributed by atoms with Crippen LogP contribution in [0.4, 0.5) is 0 Å². The Bertz CT molecular complexity index is 812. The van der Waals surface area contributed by atoms with Crippen LogP contribution in [-0.4, -0.2) is 12.1 Å². The van der Waals surface area contributed by atoms with Gasteiger partial charge in [0.15, 0.2) is 23.0 Å². The lowest BCUT2D eigenvalue weighted by molar-refractivity contribution is -0.127. The van der Waals surface area contributed by atoms with Gasteiger partial charge in [0.05, 0.1) is 6.16 Å². The molecule has 3 aromatic carbocycles. The maximum Gasteiger partial charge on any atom is 0.342 e. The molecule has 27 heavy (non-hydrogen) atoms. The zero-order valence-corrected chi connectivity index (χ0v) is 18.1. The summed E-state index contributed by atoms with van der Waals surface area (Å²) in [5.74, 6) is -0.289. The summed E-state index contributed by atoms with van der Waals surface area (Å²) in [6.07, 6.45) is 2.80. The third kappa shape index (κ3) is 4.31. The van der Waals surface area contributed by atoms with Crippen LogP contribution in [-0.2, 0) is 7.86 Å². The summed E-state index contributed by atoms with van der Waals surface area (Å²) in [6.45, 7) is 1.82. The molecule has 0 N–H and O–H groups in total. The summed E-state index contributed by atoms with van der Waals surface area (Å²) in [4.78, 5) is 12.0. The van der Waals surface area contributed by atoms with Crippen LogP contribution in [0.2, 0.25) is 0 Å². The Morgan fingerprint density at radius 1 is 0.815 bits per heavy atom. The summed E-state index contributed by atoms with van der Waals surface area (Å²) < 4.78 is 4.87. The van der Waals surface area contributed by atoms with Crippen molar-refractivity contribution in [3.05, 3.63) is 103 Å². The Morgan fingerprint density at radius 2 is 1.19 bits per heavy atom. The Hall–Kier alpha value is -1.97. The summed E-state index contributed by atoms with van der Waals surface area (Å²) >= 11 is 1.64. The van der Waals surface area contributed by atoms with Crippen LogP contribution in [0, 0.1) is 0 Å². The Kier molecular flexibility index (Phi) is 6.81. The normalized spacial score (nSPS) is 11.9. The fraction of sp³-hybridized carbons (Fsp3) is 0.0870. The molecule has 0 aliphatic heterocycles. The van der Waals surface area contributed by atoms with E-state index in [0.29, 0.717) is 5.57 Å². The molecule has 0 amide bonds. The van der Waals surface area contributed by atoms with Gasteiger partial charge in [-0.1, -0.05) is 54.6 Å². The van der Waals surface area contributed by atoms with Crippen LogP contribution >= 0.6 is 30.3 Å². The van der Waals surface area contributed by atoms with E-state index in [1.54, 1.807) is 23.0 Å². The quantitative estimate of drug-likeness (QED) is 0.283. The van der Waals surface area contributed by atoms with Gasteiger partial charge in [-0.3, -0.25) is 0 Å². The molecule has 0 aromatic heterocycles. The van der Waals surface area contributed by atoms with Crippen LogP contribution < -0.4 is 15.9 Å². The maximum atomic E-state index is 12.0. The predicted octanol–water partition coefficient (Wildman–Crippen LogP) is 4.82. The molecule has 4 heteroatoms. The van der Waals surface area contributed by atoms with Gasteiger partial charge in [-0.05, 0) is 49.4 Å². The number of hydrogen-bond donors (Lipinski definition) is 0. The Labute approximate surface area is 175 Å². The second-order valence-corrected chi connectivity index (χ2v) is 10.2. The third-order valence-corrected chi connectivity index (χ3v) is 9.32. The predicted molar refractivity (Wildman–Crippen MR) is 124 cm³/mol. The smallest absolute Gasteiger partial charge is 0.342 e. The third-order valence-electron chi connectivity index (χ3n) is 4.65. The Balaban J connectivity index is 2.24. The summed E-state index contributed by atoms with van der Waals surface area (Å²) in [7, 11) is -1.94. The van der Waals surface area contributed by atoms with Crippen molar-refractivity contribution in [2.24, 2.45) is 0 Å². The monoisotopic (exact) mass is 487 g/mol. The van der Waals surface area contributed by atoms with Gasteiger partial charge < -0.3 is 3.07 Å². The van der Waals surface area contributed by atoms with E-state index >= 15 is 0 Å². The molecule has 3 rings (SSSR count). The molecule has 0 spiro atoms. The van der Waals surface area contributed by atoms with Crippen LogP contribution in [0.1, 0.15) is 6.92 Å². The van der Waals surface area contributed by atoms with E-state index in [2.05, 4.69) is 72.8 Å². The minimum atomic E-state index is -1.94. The van der Waals surface area contributed by atoms with Gasteiger partial charge in [-0.25, -0.2) is 4.79 Å². The first-order chi connectivity index (χ1) is 13.2. The molecule has 0 aliphatic rings. The second kappa shape index (κ2) is 9.29. The number of rotatable bonds is 6. The van der Waals surface area contributed by atoms with Crippen molar-refractivity contribution in [3.63, 3.8) is 0 Å². The van der Waals surface area contributed by atoms with Crippen molar-refractivity contribution in [3.8, 4) is 0 Å². The number of carbonyl (C=O) groups is 1. The SMILES string of the molecule is C/C(=C\C[P+](c1ccccc1)(c1ccccc1)c1ccccc1)C(=O)OI. The zero-order chi connectivity index (χ0) is 19.1. The van der Waals surface area contributed by atoms with Gasteiger partial charge in [0.2, 0.25) is 0 Å². The average molecular weight is 487 g/mol. The molecule has 3 aromatic rings. The number of benzene rings is 3. The molecule has 0 radical (unpaired) electrons. The van der Waals surface area contributed by atoms with Crippen molar-refractivity contribution in [2.45, 2.75) is 6.92 Å². The van der Waals surface area contributed by atoms with Gasteiger partial charge in [-0.2, -0.15) is 0 Å². The van der Waals surface area contributed by atoms with Crippen molar-refractivity contribution >= 4 is 52.2 Å². The van der Waals surface area contributed by atoms with Gasteiger partial charge in [0.1, 0.15) is 23.2 Å². The van der Waals surface area contributed by atoms with Gasteiger partial charge in [-0.15, -0.1) is 0 Å². The molecule has 136 valence electrons. The molecule has 0 atom stereocenters. The lowest BCUT2D eigenvalue weighted by Gasteiger charge is -2.26. The van der Waals surface area contributed by atoms with Crippen LogP contribution in [0.15, 0.2) is 103 Å². The van der Waals surface area contributed by atoms with Crippen LogP contribution in [0.3, 0.4) is 0 Å². The first-order valence-electron chi connectivity index (χ1n) is 8.73. The zero-order valence-electron chi connectivity index (χ0n) is 15.1. The second-order valence-electron chi connectivity index (χ2n) is 6.25. The minimum Gasteiger partial charge on any atom is -0.391 e. The van der Waals surface area contributed by atoms with E-state index in [1.165, 1.54) is 15.9 Å². The van der Waals surface area contributed by atoms with Crippen molar-refractivity contribution in [1.82, 2.24) is 0 Å². The van der Waals surface area contributed by atoms with Crippen LogP contribution in [0.25, 0.3) is 0 Å². The summed E-state index contributed by atoms with van der Waals surface area (Å²) in [6, 6.07) is 31.9. The lowest BCUT2D eigenvalue weighted by Crippen LogP contribution is -2.33. The molecule has 0 unspecified atom stereocenters. The van der Waals surface area contributed by atoms with Crippen molar-refractivity contribution in [2.75, 3.05) is 6.16 Å². The fourth-order valence-electron chi connectivity index (χ4n) is 3.23. The topological polar surface area (TPSA) is 26.3 Å². The first-order valence-corrected chi connectivity index (χ1v) is 11.6. The fourth-order valence-corrected chi connectivity index (χ4v) is 7.69. The highest BCUT2D eigenvalue weighted by atomic mass is 127. The molecule has 0 heterocycles. The van der Waals surface area contributed by atoms with Crippen molar-refractivity contribution in [1.29, 1.82) is 0 Å². The average Bonchev–Trinajstić information content (AvgIpc) is 2.75. The number of carbonyl (C=O) groups excluding carboxylic acids is 1. The molecule has 0 bridgehead atoms. The number of hydrogen-bond acceptors (Lipinski definition) is 2. The van der Waals surface area contributed by atoms with E-state index in [9.17, 15) is 4.79 Å². The minimum absolute atomic E-state index is 0.289. The molecule has 0 aliphatic carbocycles. The highest BCUT2D eigenvalue weighted by Crippen LogP contribution is 2.55. The van der Waals surface area contributed by atoms with Gasteiger partial charge >= 0.3 is 5.97 Å². The number of halogens is 1. The molecule has 0 saturated heterocycles. The van der Waals surface area contributed by atoms with E-state index in [-0.39, 0.29) is 5.97 Å². The Morgan fingerprint density at radius 3 is 1.52 bits per heavy atom. The molecular formula is C23H21IO2P+. The van der Waals surface area contributed by atoms with Crippen molar-refractivity contribution < 1.29 is 7.86 Å². The molecule has 0 saturated carbocycles. The largest absolute Gasteiger partial charge is 0.391 e. The standard InChI is InChI=1S/C23H21IO2P/c1-19(23(25)26-24)17-18-27(20-11-5-2-6-12-20,21-13-7-3-8-14-21)22-15-9-4-10-16-22/h2-17H,18H2,1H3/q+1/b19-17+. The van der Waals surface area contributed by atoms with E-state index in [0.717, 1.165) is 6.16 Å². The molecule has 2 nitrogen and oxygen atoms in total. The van der Waals surface area contributed by atoms with Gasteiger partial charge in [0.25, 0.3) is 0 Å².